The van der Waals surface area contributed by atoms with Crippen LogP contribution < -0.4 is 0 Å². The molecule has 1 aliphatic rings. The maximum atomic E-state index is 5.66. The molecule has 0 aromatic carbocycles. The minimum atomic E-state index is 0.721. The standard InChI is InChI=1S/C12H16N4O2S6/c1-5-19-9-13-14-11(23-9)21-7-3-18-4-8-22-12-16-15-10(24-12)20-6-2-17-1/h1-8H2. The fourth-order valence-corrected chi connectivity index (χ4v) is 7.31. The minimum Gasteiger partial charge on any atom is -0.380 e. The van der Waals surface area contributed by atoms with Crippen LogP contribution in [0.1, 0.15) is 0 Å². The molecule has 2 aromatic heterocycles. The first-order valence-electron chi connectivity index (χ1n) is 7.24. The summed E-state index contributed by atoms with van der Waals surface area (Å²) in [5, 5.41) is 16.8. The van der Waals surface area contributed by atoms with Crippen molar-refractivity contribution in [2.45, 2.75) is 17.4 Å². The molecule has 6 nitrogen and oxygen atoms in total. The van der Waals surface area contributed by atoms with Gasteiger partial charge in [-0.2, -0.15) is 0 Å². The molecule has 0 radical (unpaired) electrons. The maximum absolute atomic E-state index is 5.66. The molecule has 132 valence electrons. The van der Waals surface area contributed by atoms with Crippen LogP contribution >= 0.6 is 69.7 Å². The van der Waals surface area contributed by atoms with Gasteiger partial charge in [0.2, 0.25) is 0 Å². The predicted octanol–water partition coefficient (Wildman–Crippen LogP) is 3.51. The van der Waals surface area contributed by atoms with Gasteiger partial charge in [-0.25, -0.2) is 0 Å². The monoisotopic (exact) mass is 440 g/mol. The van der Waals surface area contributed by atoms with Crippen LogP contribution in [-0.4, -0.2) is 69.8 Å². The van der Waals surface area contributed by atoms with Crippen LogP contribution in [0.15, 0.2) is 17.4 Å². The van der Waals surface area contributed by atoms with Gasteiger partial charge in [-0.15, -0.1) is 20.4 Å². The maximum Gasteiger partial charge on any atom is 0.175 e. The summed E-state index contributed by atoms with van der Waals surface area (Å²) in [5.41, 5.74) is 0. The van der Waals surface area contributed by atoms with Gasteiger partial charge >= 0.3 is 0 Å². The molecule has 0 saturated carbocycles. The van der Waals surface area contributed by atoms with Crippen LogP contribution in [0, 0.1) is 0 Å². The summed E-state index contributed by atoms with van der Waals surface area (Å²) >= 11 is 10.1. The molecular formula is C12H16N4O2S6. The molecule has 0 fully saturated rings. The van der Waals surface area contributed by atoms with Crippen molar-refractivity contribution in [3.8, 4) is 0 Å². The molecule has 0 saturated heterocycles. The Labute approximate surface area is 165 Å². The van der Waals surface area contributed by atoms with Gasteiger partial charge in [0.05, 0.1) is 26.4 Å². The number of hydrogen-bond donors (Lipinski definition) is 0. The lowest BCUT2D eigenvalue weighted by Gasteiger charge is -2.02. The molecule has 0 amide bonds. The summed E-state index contributed by atoms with van der Waals surface area (Å²) in [6, 6.07) is 0. The zero-order valence-corrected chi connectivity index (χ0v) is 17.6. The van der Waals surface area contributed by atoms with Gasteiger partial charge < -0.3 is 9.47 Å². The molecular weight excluding hydrogens is 425 g/mol. The number of ether oxygens (including phenoxy) is 2. The Bertz CT molecular complexity index is 513. The van der Waals surface area contributed by atoms with Crippen molar-refractivity contribution < 1.29 is 9.47 Å². The van der Waals surface area contributed by atoms with Crippen molar-refractivity contribution in [1.29, 1.82) is 0 Å². The highest BCUT2D eigenvalue weighted by molar-refractivity contribution is 8.03. The van der Waals surface area contributed by atoms with Crippen LogP contribution in [0.4, 0.5) is 0 Å². The lowest BCUT2D eigenvalue weighted by atomic mass is 10.8. The van der Waals surface area contributed by atoms with Crippen LogP contribution in [0.3, 0.4) is 0 Å². The lowest BCUT2D eigenvalue weighted by molar-refractivity contribution is 0.167. The summed E-state index contributed by atoms with van der Waals surface area (Å²) in [4.78, 5) is 0. The molecule has 0 aliphatic carbocycles. The largest absolute Gasteiger partial charge is 0.380 e. The normalized spacial score (nSPS) is 19.0. The van der Waals surface area contributed by atoms with Crippen molar-refractivity contribution in [2.24, 2.45) is 0 Å². The zero-order chi connectivity index (χ0) is 16.5. The van der Waals surface area contributed by atoms with Gasteiger partial charge in [-0.05, 0) is 0 Å². The molecule has 12 heteroatoms. The topological polar surface area (TPSA) is 70.0 Å². The van der Waals surface area contributed by atoms with E-state index in [1.54, 1.807) is 69.7 Å². The molecule has 0 atom stereocenters. The first-order chi connectivity index (χ1) is 11.9. The number of thioether (sulfide) groups is 4. The second-order valence-corrected chi connectivity index (χ2v) is 11.6. The van der Waals surface area contributed by atoms with Crippen molar-refractivity contribution in [2.75, 3.05) is 49.4 Å². The van der Waals surface area contributed by atoms with Gasteiger partial charge in [0.15, 0.2) is 17.4 Å². The molecule has 0 N–H and O–H groups in total. The van der Waals surface area contributed by atoms with E-state index in [0.29, 0.717) is 0 Å². The Morgan fingerprint density at radius 3 is 1.08 bits per heavy atom. The summed E-state index contributed by atoms with van der Waals surface area (Å²) in [7, 11) is 0. The number of rotatable bonds is 0. The first-order valence-corrected chi connectivity index (χ1v) is 12.8. The number of aromatic nitrogens is 4. The predicted molar refractivity (Wildman–Crippen MR) is 104 cm³/mol. The molecule has 0 unspecified atom stereocenters. The molecule has 3 heterocycles. The third-order valence-electron chi connectivity index (χ3n) is 2.59. The van der Waals surface area contributed by atoms with Crippen molar-refractivity contribution in [3.05, 3.63) is 0 Å². The molecule has 0 spiro atoms. The highest BCUT2D eigenvalue weighted by Crippen LogP contribution is 2.30. The number of nitrogens with zero attached hydrogens (tertiary/aromatic N) is 4. The van der Waals surface area contributed by atoms with Crippen LogP contribution in [0.5, 0.6) is 0 Å². The first kappa shape index (κ1) is 19.2. The Morgan fingerprint density at radius 2 is 0.792 bits per heavy atom. The average Bonchev–Trinajstić information content (AvgIpc) is 3.22. The smallest absolute Gasteiger partial charge is 0.175 e. The zero-order valence-electron chi connectivity index (χ0n) is 12.7. The second kappa shape index (κ2) is 11.2. The average molecular weight is 441 g/mol. The highest BCUT2D eigenvalue weighted by Gasteiger charge is 2.07. The van der Waals surface area contributed by atoms with Crippen LogP contribution in [0.25, 0.3) is 0 Å². The van der Waals surface area contributed by atoms with E-state index in [4.69, 9.17) is 9.47 Å². The van der Waals surface area contributed by atoms with Crippen molar-refractivity contribution >= 4 is 69.7 Å². The van der Waals surface area contributed by atoms with Gasteiger partial charge in [0.1, 0.15) is 0 Å². The van der Waals surface area contributed by atoms with Gasteiger partial charge in [0, 0.05) is 23.0 Å². The van der Waals surface area contributed by atoms with Crippen molar-refractivity contribution in [3.63, 3.8) is 0 Å². The van der Waals surface area contributed by atoms with Gasteiger partial charge in [-0.3, -0.25) is 0 Å². The van der Waals surface area contributed by atoms with Crippen LogP contribution in [0.2, 0.25) is 0 Å². The van der Waals surface area contributed by atoms with Gasteiger partial charge in [0.25, 0.3) is 0 Å². The summed E-state index contributed by atoms with van der Waals surface area (Å²) in [5.74, 6) is 3.58. The molecule has 24 heavy (non-hydrogen) atoms. The number of fused-ring (bicyclic) bond motifs is 4. The highest BCUT2D eigenvalue weighted by atomic mass is 32.2. The third kappa shape index (κ3) is 6.98. The van der Waals surface area contributed by atoms with Gasteiger partial charge in [-0.1, -0.05) is 69.7 Å². The van der Waals surface area contributed by atoms with E-state index in [1.807, 2.05) is 0 Å². The Kier molecular flexibility index (Phi) is 8.98. The molecule has 3 rings (SSSR count). The van der Waals surface area contributed by atoms with E-state index in [-0.39, 0.29) is 0 Å². The summed E-state index contributed by atoms with van der Waals surface area (Å²) in [6.07, 6.45) is 0. The quantitative estimate of drug-likeness (QED) is 0.608. The Morgan fingerprint density at radius 1 is 0.500 bits per heavy atom. The van der Waals surface area contributed by atoms with E-state index in [2.05, 4.69) is 20.4 Å². The van der Waals surface area contributed by atoms with Crippen LogP contribution in [-0.2, 0) is 9.47 Å². The fraction of sp³-hybridized carbons (Fsp3) is 0.667. The van der Waals surface area contributed by atoms with E-state index >= 15 is 0 Å². The number of hydrogen-bond acceptors (Lipinski definition) is 12. The van der Waals surface area contributed by atoms with E-state index < -0.39 is 0 Å². The molecule has 4 bridgehead atoms. The fourth-order valence-electron chi connectivity index (χ4n) is 1.58. The second-order valence-electron chi connectivity index (χ2n) is 4.29. The van der Waals surface area contributed by atoms with E-state index in [9.17, 15) is 0 Å². The summed E-state index contributed by atoms with van der Waals surface area (Å²) < 4.78 is 15.3. The SMILES string of the molecule is C1CSc2nnc(s2)SCCOCCSc2nnc(s2)SCCO1. The minimum absolute atomic E-state index is 0.721. The molecule has 1 aliphatic heterocycles. The Balaban J connectivity index is 1.48. The third-order valence-corrected chi connectivity index (χ3v) is 8.83. The van der Waals surface area contributed by atoms with Crippen molar-refractivity contribution in [1.82, 2.24) is 20.4 Å². The lowest BCUT2D eigenvalue weighted by Crippen LogP contribution is -2.01. The van der Waals surface area contributed by atoms with E-state index in [0.717, 1.165) is 66.8 Å². The summed E-state index contributed by atoms with van der Waals surface area (Å²) in [6.45, 7) is 2.88. The Hall–Kier alpha value is 0.440. The van der Waals surface area contributed by atoms with E-state index in [1.165, 1.54) is 0 Å². The molecule has 2 aromatic rings.